The Kier molecular flexibility index (Phi) is 3.96. The summed E-state index contributed by atoms with van der Waals surface area (Å²) >= 11 is 2.57. The molecular formula is C19H13NO2S2. The maximum absolute atomic E-state index is 12.6. The van der Waals surface area contributed by atoms with Crippen LogP contribution in [0.4, 0.5) is 4.79 Å². The van der Waals surface area contributed by atoms with Crippen LogP contribution in [0.25, 0.3) is 16.8 Å². The van der Waals surface area contributed by atoms with Crippen LogP contribution < -0.4 is 0 Å². The minimum absolute atomic E-state index is 0.214. The fourth-order valence-corrected chi connectivity index (χ4v) is 4.20. The summed E-state index contributed by atoms with van der Waals surface area (Å²) in [5.74, 6) is -0.218. The van der Waals surface area contributed by atoms with Gasteiger partial charge in [0.25, 0.3) is 11.1 Å². The second-order valence-electron chi connectivity index (χ2n) is 5.46. The number of imide groups is 1. The monoisotopic (exact) mass is 351 g/mol. The van der Waals surface area contributed by atoms with Crippen LogP contribution >= 0.6 is 23.1 Å². The number of benzene rings is 2. The average Bonchev–Trinajstić information content (AvgIpc) is 3.19. The van der Waals surface area contributed by atoms with Crippen LogP contribution in [-0.4, -0.2) is 16.0 Å². The zero-order valence-corrected chi connectivity index (χ0v) is 14.3. The van der Waals surface area contributed by atoms with Crippen molar-refractivity contribution in [2.75, 3.05) is 0 Å². The lowest BCUT2D eigenvalue weighted by molar-refractivity contribution is -0.123. The molecule has 2 heterocycles. The highest BCUT2D eigenvalue weighted by Gasteiger charge is 2.35. The van der Waals surface area contributed by atoms with Crippen molar-refractivity contribution in [3.05, 3.63) is 75.3 Å². The van der Waals surface area contributed by atoms with Crippen molar-refractivity contribution >= 4 is 51.1 Å². The zero-order valence-electron chi connectivity index (χ0n) is 12.6. The third kappa shape index (κ3) is 2.77. The van der Waals surface area contributed by atoms with Crippen molar-refractivity contribution in [1.82, 2.24) is 4.90 Å². The van der Waals surface area contributed by atoms with E-state index in [1.807, 2.05) is 59.3 Å². The second-order valence-corrected chi connectivity index (χ2v) is 7.24. The smallest absolute Gasteiger partial charge is 0.268 e. The molecule has 0 radical (unpaired) electrons. The number of amides is 2. The molecular weight excluding hydrogens is 338 g/mol. The summed E-state index contributed by atoms with van der Waals surface area (Å²) in [6.07, 6.45) is 1.78. The molecule has 0 bridgehead atoms. The van der Waals surface area contributed by atoms with Gasteiger partial charge in [0.2, 0.25) is 0 Å². The summed E-state index contributed by atoms with van der Waals surface area (Å²) in [5.41, 5.74) is 1.93. The highest BCUT2D eigenvalue weighted by molar-refractivity contribution is 8.18. The SMILES string of the molecule is O=C1S/C(=C\c2ccsc2)C(=O)N1Cc1cccc2ccccc12. The predicted octanol–water partition coefficient (Wildman–Crippen LogP) is 5.14. The van der Waals surface area contributed by atoms with E-state index in [4.69, 9.17) is 0 Å². The molecule has 1 aliphatic heterocycles. The molecule has 1 saturated heterocycles. The zero-order chi connectivity index (χ0) is 16.5. The Morgan fingerprint density at radius 3 is 2.67 bits per heavy atom. The molecule has 2 amide bonds. The number of hydrogen-bond donors (Lipinski definition) is 0. The fourth-order valence-electron chi connectivity index (χ4n) is 2.75. The molecule has 1 fully saturated rings. The Balaban J connectivity index is 1.65. The number of nitrogens with zero attached hydrogens (tertiary/aromatic N) is 1. The first kappa shape index (κ1) is 15.2. The molecule has 0 spiro atoms. The number of rotatable bonds is 3. The van der Waals surface area contributed by atoms with Crippen molar-refractivity contribution in [2.24, 2.45) is 0 Å². The van der Waals surface area contributed by atoms with Gasteiger partial charge in [-0.1, -0.05) is 42.5 Å². The number of carbonyl (C=O) groups is 2. The number of thioether (sulfide) groups is 1. The van der Waals surface area contributed by atoms with Gasteiger partial charge in [0, 0.05) is 0 Å². The fraction of sp³-hybridized carbons (Fsp3) is 0.0526. The van der Waals surface area contributed by atoms with E-state index in [1.54, 1.807) is 17.4 Å². The largest absolute Gasteiger partial charge is 0.293 e. The molecule has 1 aromatic heterocycles. The van der Waals surface area contributed by atoms with Crippen molar-refractivity contribution in [1.29, 1.82) is 0 Å². The third-order valence-electron chi connectivity index (χ3n) is 3.92. The topological polar surface area (TPSA) is 37.4 Å². The predicted molar refractivity (Wildman–Crippen MR) is 99.8 cm³/mol. The first-order valence-corrected chi connectivity index (χ1v) is 9.22. The van der Waals surface area contributed by atoms with E-state index in [9.17, 15) is 9.59 Å². The molecule has 3 nitrogen and oxygen atoms in total. The molecule has 1 aliphatic rings. The van der Waals surface area contributed by atoms with Crippen LogP contribution in [0.5, 0.6) is 0 Å². The number of thiophene rings is 1. The summed E-state index contributed by atoms with van der Waals surface area (Å²) in [6, 6.07) is 15.9. The maximum Gasteiger partial charge on any atom is 0.293 e. The minimum atomic E-state index is -0.218. The van der Waals surface area contributed by atoms with E-state index in [-0.39, 0.29) is 11.1 Å². The Bertz CT molecular complexity index is 955. The summed E-state index contributed by atoms with van der Waals surface area (Å²) in [4.78, 5) is 26.7. The van der Waals surface area contributed by atoms with Crippen molar-refractivity contribution in [3.63, 3.8) is 0 Å². The molecule has 0 N–H and O–H groups in total. The van der Waals surface area contributed by atoms with E-state index in [1.165, 1.54) is 4.90 Å². The van der Waals surface area contributed by atoms with Gasteiger partial charge in [0.05, 0.1) is 11.4 Å². The number of fused-ring (bicyclic) bond motifs is 1. The van der Waals surface area contributed by atoms with Crippen LogP contribution in [0.2, 0.25) is 0 Å². The lowest BCUT2D eigenvalue weighted by Gasteiger charge is -2.14. The van der Waals surface area contributed by atoms with Crippen molar-refractivity contribution < 1.29 is 9.59 Å². The third-order valence-corrected chi connectivity index (χ3v) is 5.53. The van der Waals surface area contributed by atoms with Gasteiger partial charge in [-0.2, -0.15) is 11.3 Å². The number of hydrogen-bond acceptors (Lipinski definition) is 4. The van der Waals surface area contributed by atoms with E-state index in [2.05, 4.69) is 0 Å². The Morgan fingerprint density at radius 2 is 1.83 bits per heavy atom. The van der Waals surface area contributed by atoms with Gasteiger partial charge in [0.15, 0.2) is 0 Å². The van der Waals surface area contributed by atoms with Crippen LogP contribution in [0, 0.1) is 0 Å². The Morgan fingerprint density at radius 1 is 1.00 bits per heavy atom. The van der Waals surface area contributed by atoms with Crippen molar-refractivity contribution in [3.8, 4) is 0 Å². The van der Waals surface area contributed by atoms with Gasteiger partial charge >= 0.3 is 0 Å². The van der Waals surface area contributed by atoms with Crippen LogP contribution in [-0.2, 0) is 11.3 Å². The van der Waals surface area contributed by atoms with Crippen LogP contribution in [0.15, 0.2) is 64.2 Å². The van der Waals surface area contributed by atoms with E-state index in [0.717, 1.165) is 33.7 Å². The number of carbonyl (C=O) groups excluding carboxylic acids is 2. The van der Waals surface area contributed by atoms with Gasteiger partial charge in [-0.15, -0.1) is 0 Å². The summed E-state index contributed by atoms with van der Waals surface area (Å²) < 4.78 is 0. The average molecular weight is 351 g/mol. The quantitative estimate of drug-likeness (QED) is 0.613. The minimum Gasteiger partial charge on any atom is -0.268 e. The lowest BCUT2D eigenvalue weighted by atomic mass is 10.0. The standard InChI is InChI=1S/C19H13NO2S2/c21-18-17(10-13-8-9-23-12-13)24-19(22)20(18)11-15-6-3-5-14-4-1-2-7-16(14)15/h1-10,12H,11H2/b17-10-. The Labute approximate surface area is 147 Å². The molecule has 0 saturated carbocycles. The van der Waals surface area contributed by atoms with Gasteiger partial charge in [0.1, 0.15) is 0 Å². The summed E-state index contributed by atoms with van der Waals surface area (Å²) in [7, 11) is 0. The summed E-state index contributed by atoms with van der Waals surface area (Å²) in [6.45, 7) is 0.299. The molecule has 3 aromatic rings. The molecule has 0 unspecified atom stereocenters. The molecule has 2 aromatic carbocycles. The van der Waals surface area contributed by atoms with Crippen LogP contribution in [0.3, 0.4) is 0 Å². The first-order chi connectivity index (χ1) is 11.7. The van der Waals surface area contributed by atoms with E-state index < -0.39 is 0 Å². The molecule has 4 rings (SSSR count). The highest BCUT2D eigenvalue weighted by atomic mass is 32.2. The van der Waals surface area contributed by atoms with Crippen LogP contribution in [0.1, 0.15) is 11.1 Å². The van der Waals surface area contributed by atoms with Crippen molar-refractivity contribution in [2.45, 2.75) is 6.54 Å². The Hall–Kier alpha value is -2.37. The molecule has 118 valence electrons. The van der Waals surface area contributed by atoms with E-state index in [0.29, 0.717) is 11.4 Å². The second kappa shape index (κ2) is 6.26. The first-order valence-electron chi connectivity index (χ1n) is 7.46. The summed E-state index contributed by atoms with van der Waals surface area (Å²) in [5, 5.41) is 5.87. The van der Waals surface area contributed by atoms with Gasteiger partial charge in [-0.25, -0.2) is 0 Å². The molecule has 0 aliphatic carbocycles. The van der Waals surface area contributed by atoms with E-state index >= 15 is 0 Å². The van der Waals surface area contributed by atoms with Gasteiger partial charge in [-0.05, 0) is 56.6 Å². The normalized spacial score (nSPS) is 16.5. The molecule has 24 heavy (non-hydrogen) atoms. The van der Waals surface area contributed by atoms with Gasteiger partial charge < -0.3 is 0 Å². The van der Waals surface area contributed by atoms with Gasteiger partial charge in [-0.3, -0.25) is 14.5 Å². The molecule has 0 atom stereocenters. The maximum atomic E-state index is 12.6. The molecule has 5 heteroatoms. The lowest BCUT2D eigenvalue weighted by Crippen LogP contribution is -2.27. The highest BCUT2D eigenvalue weighted by Crippen LogP contribution is 2.34.